The van der Waals surface area contributed by atoms with Crippen molar-refractivity contribution in [2.75, 3.05) is 13.1 Å². The third kappa shape index (κ3) is 2.04. The maximum atomic E-state index is 10.1. The predicted molar refractivity (Wildman–Crippen MR) is 73.6 cm³/mol. The third-order valence-corrected chi connectivity index (χ3v) is 4.03. The summed E-state index contributed by atoms with van der Waals surface area (Å²) in [5.74, 6) is 0.338. The van der Waals surface area contributed by atoms with Crippen LogP contribution in [0.3, 0.4) is 0 Å². The van der Waals surface area contributed by atoms with E-state index in [0.29, 0.717) is 5.92 Å². The maximum Gasteiger partial charge on any atom is 0.0595 e. The van der Waals surface area contributed by atoms with Crippen LogP contribution in [0.4, 0.5) is 0 Å². The summed E-state index contributed by atoms with van der Waals surface area (Å²) in [5.41, 5.74) is 2.62. The van der Waals surface area contributed by atoms with E-state index in [-0.39, 0.29) is 6.10 Å². The highest BCUT2D eigenvalue weighted by Gasteiger charge is 2.24. The van der Waals surface area contributed by atoms with Gasteiger partial charge >= 0.3 is 0 Å². The molecule has 0 amide bonds. The summed E-state index contributed by atoms with van der Waals surface area (Å²) in [6.45, 7) is 1.86. The number of hydrogen-bond donors (Lipinski definition) is 2. The van der Waals surface area contributed by atoms with Gasteiger partial charge in [0.1, 0.15) is 0 Å². The first-order valence-electron chi connectivity index (χ1n) is 6.67. The van der Waals surface area contributed by atoms with E-state index in [1.807, 2.05) is 0 Å². The van der Waals surface area contributed by atoms with Crippen LogP contribution in [0.25, 0.3) is 10.9 Å². The van der Waals surface area contributed by atoms with Crippen LogP contribution < -0.4 is 5.32 Å². The molecule has 2 aromatic rings. The summed E-state index contributed by atoms with van der Waals surface area (Å²) in [4.78, 5) is 0. The molecule has 96 valence electrons. The summed E-state index contributed by atoms with van der Waals surface area (Å²) in [5, 5.41) is 14.8. The number of nitrogens with zero attached hydrogens (tertiary/aromatic N) is 1. The minimum atomic E-state index is -0.162. The summed E-state index contributed by atoms with van der Waals surface area (Å²) in [6.07, 6.45) is 3.86. The molecule has 0 saturated carbocycles. The van der Waals surface area contributed by atoms with Crippen molar-refractivity contribution in [3.8, 4) is 0 Å². The number of hydrogen-bond acceptors (Lipinski definition) is 2. The van der Waals surface area contributed by atoms with E-state index in [2.05, 4.69) is 47.4 Å². The van der Waals surface area contributed by atoms with Gasteiger partial charge in [-0.2, -0.15) is 0 Å². The largest absolute Gasteiger partial charge is 0.393 e. The molecule has 2 heterocycles. The zero-order valence-corrected chi connectivity index (χ0v) is 10.8. The number of benzene rings is 1. The Morgan fingerprint density at radius 3 is 3.06 bits per heavy atom. The van der Waals surface area contributed by atoms with Crippen molar-refractivity contribution in [3.05, 3.63) is 36.0 Å². The Hall–Kier alpha value is -1.32. The molecule has 1 aromatic heterocycles. The molecule has 1 aliphatic rings. The molecule has 0 aliphatic carbocycles. The number of nitrogens with one attached hydrogen (secondary N) is 1. The average Bonchev–Trinajstić information content (AvgIpc) is 2.70. The molecule has 18 heavy (non-hydrogen) atoms. The Kier molecular flexibility index (Phi) is 3.10. The fraction of sp³-hybridized carbons (Fsp3) is 0.467. The number of aliphatic hydroxyl groups excluding tert-OH is 1. The van der Waals surface area contributed by atoms with Crippen LogP contribution in [0, 0.1) is 5.92 Å². The first-order chi connectivity index (χ1) is 8.75. The molecule has 1 aromatic carbocycles. The number of aliphatic hydroxyl groups is 1. The van der Waals surface area contributed by atoms with Crippen LogP contribution in [-0.2, 0) is 13.5 Å². The first-order valence-corrected chi connectivity index (χ1v) is 6.67. The van der Waals surface area contributed by atoms with E-state index in [1.165, 1.54) is 16.5 Å². The summed E-state index contributed by atoms with van der Waals surface area (Å²) >= 11 is 0. The van der Waals surface area contributed by atoms with Crippen LogP contribution in [0.2, 0.25) is 0 Å². The molecule has 3 nitrogen and oxygen atoms in total. The van der Waals surface area contributed by atoms with Crippen LogP contribution in [-0.4, -0.2) is 28.9 Å². The highest BCUT2D eigenvalue weighted by Crippen LogP contribution is 2.25. The SMILES string of the molecule is Cn1cc(CC2CNCCC2O)c2ccccc21. The second-order valence-electron chi connectivity index (χ2n) is 5.31. The lowest BCUT2D eigenvalue weighted by molar-refractivity contribution is 0.0793. The Morgan fingerprint density at radius 2 is 2.22 bits per heavy atom. The molecular formula is C15H20N2O. The van der Waals surface area contributed by atoms with E-state index in [9.17, 15) is 5.11 Å². The number of piperidine rings is 1. The van der Waals surface area contributed by atoms with E-state index in [1.54, 1.807) is 0 Å². The summed E-state index contributed by atoms with van der Waals surface area (Å²) in [6, 6.07) is 8.48. The lowest BCUT2D eigenvalue weighted by Gasteiger charge is -2.28. The summed E-state index contributed by atoms with van der Waals surface area (Å²) in [7, 11) is 2.08. The molecule has 1 aliphatic heterocycles. The van der Waals surface area contributed by atoms with Gasteiger partial charge < -0.3 is 15.0 Å². The fourth-order valence-electron chi connectivity index (χ4n) is 2.99. The monoisotopic (exact) mass is 244 g/mol. The van der Waals surface area contributed by atoms with Crippen molar-refractivity contribution in [2.24, 2.45) is 13.0 Å². The molecule has 0 spiro atoms. The normalized spacial score (nSPS) is 24.6. The minimum Gasteiger partial charge on any atom is -0.393 e. The Labute approximate surface area is 107 Å². The van der Waals surface area contributed by atoms with Gasteiger partial charge in [0, 0.05) is 36.6 Å². The number of para-hydroxylation sites is 1. The lowest BCUT2D eigenvalue weighted by Crippen LogP contribution is -2.40. The van der Waals surface area contributed by atoms with Gasteiger partial charge in [-0.3, -0.25) is 0 Å². The second-order valence-corrected chi connectivity index (χ2v) is 5.31. The predicted octanol–water partition coefficient (Wildman–Crippen LogP) is 1.69. The van der Waals surface area contributed by atoms with Gasteiger partial charge in [-0.15, -0.1) is 0 Å². The van der Waals surface area contributed by atoms with E-state index in [0.717, 1.165) is 25.9 Å². The maximum absolute atomic E-state index is 10.1. The Balaban J connectivity index is 1.90. The number of aromatic nitrogens is 1. The van der Waals surface area contributed by atoms with Gasteiger partial charge in [0.25, 0.3) is 0 Å². The molecule has 0 radical (unpaired) electrons. The van der Waals surface area contributed by atoms with Gasteiger partial charge in [0.05, 0.1) is 6.10 Å². The van der Waals surface area contributed by atoms with Crippen molar-refractivity contribution in [1.29, 1.82) is 0 Å². The van der Waals surface area contributed by atoms with E-state index in [4.69, 9.17) is 0 Å². The zero-order valence-electron chi connectivity index (χ0n) is 10.8. The molecule has 1 saturated heterocycles. The standard InChI is InChI=1S/C15H20N2O/c1-17-10-12(13-4-2-3-5-14(13)17)8-11-9-16-7-6-15(11)18/h2-5,10-11,15-16,18H,6-9H2,1H3. The number of fused-ring (bicyclic) bond motifs is 1. The minimum absolute atomic E-state index is 0.162. The molecule has 3 heteroatoms. The van der Waals surface area contributed by atoms with Crippen LogP contribution in [0.15, 0.2) is 30.5 Å². The van der Waals surface area contributed by atoms with Crippen molar-refractivity contribution < 1.29 is 5.11 Å². The van der Waals surface area contributed by atoms with Gasteiger partial charge in [0.2, 0.25) is 0 Å². The Morgan fingerprint density at radius 1 is 1.39 bits per heavy atom. The number of aryl methyl sites for hydroxylation is 1. The highest BCUT2D eigenvalue weighted by molar-refractivity contribution is 5.83. The van der Waals surface area contributed by atoms with Gasteiger partial charge in [-0.25, -0.2) is 0 Å². The van der Waals surface area contributed by atoms with Gasteiger partial charge in [-0.1, -0.05) is 18.2 Å². The third-order valence-electron chi connectivity index (χ3n) is 4.03. The molecular weight excluding hydrogens is 224 g/mol. The van der Waals surface area contributed by atoms with Crippen LogP contribution in [0.5, 0.6) is 0 Å². The average molecular weight is 244 g/mol. The van der Waals surface area contributed by atoms with Gasteiger partial charge in [0.15, 0.2) is 0 Å². The molecule has 2 unspecified atom stereocenters. The zero-order chi connectivity index (χ0) is 12.5. The second kappa shape index (κ2) is 4.75. The topological polar surface area (TPSA) is 37.2 Å². The highest BCUT2D eigenvalue weighted by atomic mass is 16.3. The van der Waals surface area contributed by atoms with E-state index < -0.39 is 0 Å². The van der Waals surface area contributed by atoms with E-state index >= 15 is 0 Å². The lowest BCUT2D eigenvalue weighted by atomic mass is 9.90. The van der Waals surface area contributed by atoms with Crippen LogP contribution in [0.1, 0.15) is 12.0 Å². The molecule has 3 rings (SSSR count). The Bertz CT molecular complexity index is 546. The molecule has 2 N–H and O–H groups in total. The van der Waals surface area contributed by atoms with Crippen LogP contribution >= 0.6 is 0 Å². The van der Waals surface area contributed by atoms with Crippen molar-refractivity contribution in [1.82, 2.24) is 9.88 Å². The van der Waals surface area contributed by atoms with Crippen molar-refractivity contribution in [3.63, 3.8) is 0 Å². The molecule has 1 fully saturated rings. The van der Waals surface area contributed by atoms with Crippen molar-refractivity contribution >= 4 is 10.9 Å². The van der Waals surface area contributed by atoms with Crippen molar-refractivity contribution in [2.45, 2.75) is 18.9 Å². The van der Waals surface area contributed by atoms with Gasteiger partial charge in [-0.05, 0) is 31.0 Å². The fourth-order valence-corrected chi connectivity index (χ4v) is 2.99. The quantitative estimate of drug-likeness (QED) is 0.843. The summed E-state index contributed by atoms with van der Waals surface area (Å²) < 4.78 is 2.17. The first kappa shape index (κ1) is 11.8. The smallest absolute Gasteiger partial charge is 0.0595 e. The number of rotatable bonds is 2. The molecule has 2 atom stereocenters. The molecule has 0 bridgehead atoms.